The van der Waals surface area contributed by atoms with Gasteiger partial charge in [-0.25, -0.2) is 9.97 Å². The maximum Gasteiger partial charge on any atom is 0.234 e. The van der Waals surface area contributed by atoms with E-state index < -0.39 is 0 Å². The van der Waals surface area contributed by atoms with Crippen molar-refractivity contribution >= 4 is 22.8 Å². The molecule has 1 saturated heterocycles. The number of carbonyl (C=O) groups is 1. The first-order valence-electron chi connectivity index (χ1n) is 7.66. The van der Waals surface area contributed by atoms with Crippen LogP contribution in [0.4, 0.5) is 5.82 Å². The van der Waals surface area contributed by atoms with Crippen LogP contribution in [0.25, 0.3) is 11.0 Å². The summed E-state index contributed by atoms with van der Waals surface area (Å²) < 4.78 is 0. The first-order valence-corrected chi connectivity index (χ1v) is 7.66. The minimum absolute atomic E-state index is 0.0928. The highest BCUT2D eigenvalue weighted by Gasteiger charge is 2.19. The van der Waals surface area contributed by atoms with Gasteiger partial charge in [0, 0.05) is 32.7 Å². The Kier molecular flexibility index (Phi) is 4.47. The number of aromatic nitrogens is 4. The van der Waals surface area contributed by atoms with Crippen LogP contribution in [0.5, 0.6) is 0 Å². The van der Waals surface area contributed by atoms with E-state index in [1.54, 1.807) is 12.5 Å². The van der Waals surface area contributed by atoms with Gasteiger partial charge in [0.1, 0.15) is 12.1 Å². The Balaban J connectivity index is 1.68. The summed E-state index contributed by atoms with van der Waals surface area (Å²) >= 11 is 0. The molecule has 8 heteroatoms. The zero-order valence-electron chi connectivity index (χ0n) is 12.7. The molecule has 0 aliphatic carbocycles. The number of amides is 1. The maximum atomic E-state index is 11.7. The first kappa shape index (κ1) is 14.7. The smallest absolute Gasteiger partial charge is 0.234 e. The van der Waals surface area contributed by atoms with Gasteiger partial charge in [0.05, 0.1) is 18.1 Å². The van der Waals surface area contributed by atoms with Gasteiger partial charge in [-0.2, -0.15) is 5.10 Å². The lowest BCUT2D eigenvalue weighted by molar-refractivity contribution is -0.122. The van der Waals surface area contributed by atoms with Crippen molar-refractivity contribution < 1.29 is 4.79 Å². The first-order chi connectivity index (χ1) is 10.8. The summed E-state index contributed by atoms with van der Waals surface area (Å²) in [4.78, 5) is 24.7. The van der Waals surface area contributed by atoms with Crippen molar-refractivity contribution in [3.8, 4) is 0 Å². The largest absolute Gasteiger partial charge is 0.355 e. The second-order valence-electron chi connectivity index (χ2n) is 5.40. The molecule has 0 spiro atoms. The van der Waals surface area contributed by atoms with Gasteiger partial charge in [-0.05, 0) is 13.3 Å². The lowest BCUT2D eigenvalue weighted by Gasteiger charge is -2.22. The number of aromatic amines is 1. The predicted octanol–water partition coefficient (Wildman–Crippen LogP) is 0.00110. The third-order valence-electron chi connectivity index (χ3n) is 3.86. The number of hydrogen-bond acceptors (Lipinski definition) is 6. The Morgan fingerprint density at radius 1 is 1.32 bits per heavy atom. The topological polar surface area (TPSA) is 90.0 Å². The molecule has 2 aromatic rings. The SMILES string of the molecule is CCNC(=O)CN1CCCN(c2ncnc3[nH]ncc23)CC1. The van der Waals surface area contributed by atoms with Crippen molar-refractivity contribution in [3.05, 3.63) is 12.5 Å². The van der Waals surface area contributed by atoms with Crippen molar-refractivity contribution in [1.29, 1.82) is 0 Å². The molecule has 0 aromatic carbocycles. The third kappa shape index (κ3) is 3.16. The van der Waals surface area contributed by atoms with E-state index in [4.69, 9.17) is 0 Å². The zero-order valence-corrected chi connectivity index (χ0v) is 12.7. The number of carbonyl (C=O) groups excluding carboxylic acids is 1. The fourth-order valence-electron chi connectivity index (χ4n) is 2.80. The molecule has 0 saturated carbocycles. The predicted molar refractivity (Wildman–Crippen MR) is 83.6 cm³/mol. The third-order valence-corrected chi connectivity index (χ3v) is 3.86. The Morgan fingerprint density at radius 3 is 3.09 bits per heavy atom. The molecule has 118 valence electrons. The van der Waals surface area contributed by atoms with Crippen LogP contribution in [0.3, 0.4) is 0 Å². The van der Waals surface area contributed by atoms with E-state index in [-0.39, 0.29) is 5.91 Å². The molecule has 0 atom stereocenters. The normalized spacial score (nSPS) is 16.7. The van der Waals surface area contributed by atoms with Crippen LogP contribution in [0.15, 0.2) is 12.5 Å². The molecule has 2 aromatic heterocycles. The van der Waals surface area contributed by atoms with Crippen molar-refractivity contribution in [3.63, 3.8) is 0 Å². The number of nitrogens with one attached hydrogen (secondary N) is 2. The number of nitrogens with zero attached hydrogens (tertiary/aromatic N) is 5. The lowest BCUT2D eigenvalue weighted by Crippen LogP contribution is -2.39. The average Bonchev–Trinajstić information content (AvgIpc) is 2.88. The number of likely N-dealkylation sites (N-methyl/N-ethyl adjacent to an activating group) is 1. The van der Waals surface area contributed by atoms with Gasteiger partial charge in [0.15, 0.2) is 5.65 Å². The van der Waals surface area contributed by atoms with E-state index in [0.717, 1.165) is 49.5 Å². The molecule has 1 amide bonds. The molecule has 8 nitrogen and oxygen atoms in total. The van der Waals surface area contributed by atoms with E-state index >= 15 is 0 Å². The van der Waals surface area contributed by atoms with E-state index in [1.807, 2.05) is 6.92 Å². The number of hydrogen-bond donors (Lipinski definition) is 2. The van der Waals surface area contributed by atoms with Crippen LogP contribution in [-0.2, 0) is 4.79 Å². The van der Waals surface area contributed by atoms with Crippen LogP contribution in [0, 0.1) is 0 Å². The Morgan fingerprint density at radius 2 is 2.23 bits per heavy atom. The van der Waals surface area contributed by atoms with Gasteiger partial charge < -0.3 is 10.2 Å². The van der Waals surface area contributed by atoms with Crippen molar-refractivity contribution in [2.75, 3.05) is 44.2 Å². The molecule has 3 rings (SSSR count). The molecule has 1 fully saturated rings. The van der Waals surface area contributed by atoms with E-state index in [1.165, 1.54) is 0 Å². The van der Waals surface area contributed by atoms with E-state index in [9.17, 15) is 4.79 Å². The molecular weight excluding hydrogens is 282 g/mol. The molecular formula is C14H21N7O. The molecule has 1 aliphatic heterocycles. The van der Waals surface area contributed by atoms with E-state index in [2.05, 4.69) is 35.3 Å². The second-order valence-corrected chi connectivity index (χ2v) is 5.40. The molecule has 0 bridgehead atoms. The van der Waals surface area contributed by atoms with Crippen LogP contribution >= 0.6 is 0 Å². The summed E-state index contributed by atoms with van der Waals surface area (Å²) in [6.07, 6.45) is 4.33. The molecule has 2 N–H and O–H groups in total. The fourth-order valence-corrected chi connectivity index (χ4v) is 2.80. The minimum atomic E-state index is 0.0928. The molecule has 1 aliphatic rings. The summed E-state index contributed by atoms with van der Waals surface area (Å²) in [5.41, 5.74) is 0.758. The summed E-state index contributed by atoms with van der Waals surface area (Å²) in [5.74, 6) is 1.01. The Bertz CT molecular complexity index is 641. The maximum absolute atomic E-state index is 11.7. The van der Waals surface area contributed by atoms with Gasteiger partial charge in [0.2, 0.25) is 5.91 Å². The zero-order chi connectivity index (χ0) is 15.4. The van der Waals surface area contributed by atoms with Crippen molar-refractivity contribution in [1.82, 2.24) is 30.4 Å². The van der Waals surface area contributed by atoms with Gasteiger partial charge in [-0.3, -0.25) is 14.8 Å². The number of anilines is 1. The summed E-state index contributed by atoms with van der Waals surface area (Å²) in [7, 11) is 0. The molecule has 3 heterocycles. The quantitative estimate of drug-likeness (QED) is 0.826. The number of H-pyrrole nitrogens is 1. The van der Waals surface area contributed by atoms with E-state index in [0.29, 0.717) is 13.1 Å². The van der Waals surface area contributed by atoms with Crippen LogP contribution in [-0.4, -0.2) is 70.2 Å². The monoisotopic (exact) mass is 303 g/mol. The molecule has 0 radical (unpaired) electrons. The number of rotatable bonds is 4. The standard InChI is InChI=1S/C14H21N7O/c1-2-15-12(22)9-20-4-3-5-21(7-6-20)14-11-8-18-19-13(11)16-10-17-14/h8,10H,2-7,9H2,1H3,(H,15,22)(H,16,17,18,19). The van der Waals surface area contributed by atoms with Crippen molar-refractivity contribution in [2.45, 2.75) is 13.3 Å². The highest BCUT2D eigenvalue weighted by Crippen LogP contribution is 2.21. The molecule has 22 heavy (non-hydrogen) atoms. The van der Waals surface area contributed by atoms with Gasteiger partial charge in [-0.1, -0.05) is 0 Å². The van der Waals surface area contributed by atoms with Crippen molar-refractivity contribution in [2.24, 2.45) is 0 Å². The summed E-state index contributed by atoms with van der Waals surface area (Å²) in [6, 6.07) is 0. The molecule has 0 unspecified atom stereocenters. The summed E-state index contributed by atoms with van der Waals surface area (Å²) in [6.45, 7) is 6.62. The number of fused-ring (bicyclic) bond motifs is 1. The van der Waals surface area contributed by atoms with Crippen LogP contribution in [0.2, 0.25) is 0 Å². The van der Waals surface area contributed by atoms with Crippen LogP contribution < -0.4 is 10.2 Å². The summed E-state index contributed by atoms with van der Waals surface area (Å²) in [5, 5.41) is 10.7. The Hall–Kier alpha value is -2.22. The second kappa shape index (κ2) is 6.69. The highest BCUT2D eigenvalue weighted by molar-refractivity contribution is 5.86. The minimum Gasteiger partial charge on any atom is -0.355 e. The van der Waals surface area contributed by atoms with Crippen LogP contribution in [0.1, 0.15) is 13.3 Å². The van der Waals surface area contributed by atoms with Gasteiger partial charge in [-0.15, -0.1) is 0 Å². The lowest BCUT2D eigenvalue weighted by atomic mass is 10.3. The highest BCUT2D eigenvalue weighted by atomic mass is 16.2. The Labute approximate surface area is 128 Å². The fraction of sp³-hybridized carbons (Fsp3) is 0.571. The van der Waals surface area contributed by atoms with Gasteiger partial charge in [0.25, 0.3) is 0 Å². The average molecular weight is 303 g/mol. The van der Waals surface area contributed by atoms with Gasteiger partial charge >= 0.3 is 0 Å².